The van der Waals surface area contributed by atoms with E-state index in [1.165, 1.54) is 7.11 Å². The van der Waals surface area contributed by atoms with Crippen LogP contribution < -0.4 is 5.32 Å². The van der Waals surface area contributed by atoms with Crippen molar-refractivity contribution in [2.24, 2.45) is 0 Å². The number of carbonyl (C=O) groups excluding carboxylic acids is 1. The highest BCUT2D eigenvalue weighted by atomic mass is 16.5. The Bertz CT molecular complexity index is 189. The van der Waals surface area contributed by atoms with Gasteiger partial charge in [0, 0.05) is 0 Å². The molecule has 1 atom stereocenters. The van der Waals surface area contributed by atoms with E-state index in [0.717, 1.165) is 19.3 Å². The molecule has 0 radical (unpaired) electrons. The first kappa shape index (κ1) is 10.3. The molecular formula is C9H17NO3. The molecule has 0 heterocycles. The van der Waals surface area contributed by atoms with Gasteiger partial charge in [-0.15, -0.1) is 0 Å². The van der Waals surface area contributed by atoms with E-state index in [1.807, 2.05) is 6.92 Å². The van der Waals surface area contributed by atoms with Gasteiger partial charge in [0.1, 0.15) is 0 Å². The van der Waals surface area contributed by atoms with Crippen LogP contribution in [0.1, 0.15) is 32.6 Å². The van der Waals surface area contributed by atoms with Crippen LogP contribution >= 0.6 is 0 Å². The summed E-state index contributed by atoms with van der Waals surface area (Å²) in [5.41, 5.74) is -0.415. The van der Waals surface area contributed by atoms with Crippen LogP contribution in [-0.2, 0) is 4.74 Å². The standard InChI is InChI=1S/C9H17NO3/c1-3-7(11)9(5-4-6-9)10-8(12)13-2/h7,11H,3-6H2,1-2H3,(H,10,12). The summed E-state index contributed by atoms with van der Waals surface area (Å²) >= 11 is 0. The maximum atomic E-state index is 11.0. The molecule has 4 nitrogen and oxygen atoms in total. The van der Waals surface area contributed by atoms with Crippen molar-refractivity contribution < 1.29 is 14.6 Å². The second kappa shape index (κ2) is 3.96. The van der Waals surface area contributed by atoms with E-state index >= 15 is 0 Å². The molecule has 13 heavy (non-hydrogen) atoms. The molecule has 1 amide bonds. The summed E-state index contributed by atoms with van der Waals surface area (Å²) in [6, 6.07) is 0. The monoisotopic (exact) mass is 187 g/mol. The van der Waals surface area contributed by atoms with Crippen molar-refractivity contribution in [2.75, 3.05) is 7.11 Å². The number of alkyl carbamates (subject to hydrolysis) is 1. The summed E-state index contributed by atoms with van der Waals surface area (Å²) in [5, 5.41) is 12.4. The smallest absolute Gasteiger partial charge is 0.407 e. The Morgan fingerprint density at radius 1 is 1.69 bits per heavy atom. The van der Waals surface area contributed by atoms with Gasteiger partial charge in [-0.2, -0.15) is 0 Å². The Morgan fingerprint density at radius 3 is 2.62 bits per heavy atom. The van der Waals surface area contributed by atoms with Gasteiger partial charge in [-0.05, 0) is 25.7 Å². The second-order valence-corrected chi connectivity index (χ2v) is 3.55. The molecule has 2 N–H and O–H groups in total. The highest BCUT2D eigenvalue weighted by molar-refractivity contribution is 5.68. The molecule has 1 rings (SSSR count). The number of rotatable bonds is 3. The lowest BCUT2D eigenvalue weighted by Crippen LogP contribution is -2.60. The summed E-state index contributed by atoms with van der Waals surface area (Å²) in [6.45, 7) is 1.91. The van der Waals surface area contributed by atoms with Gasteiger partial charge in [0.25, 0.3) is 0 Å². The molecule has 0 aromatic carbocycles. The summed E-state index contributed by atoms with van der Waals surface area (Å²) in [4.78, 5) is 11.0. The highest BCUT2D eigenvalue weighted by Gasteiger charge is 2.44. The van der Waals surface area contributed by atoms with Gasteiger partial charge < -0.3 is 15.2 Å². The summed E-state index contributed by atoms with van der Waals surface area (Å²) in [6.07, 6.45) is 2.49. The number of amides is 1. The van der Waals surface area contributed by atoms with E-state index < -0.39 is 17.7 Å². The molecule has 1 saturated carbocycles. The van der Waals surface area contributed by atoms with Crippen molar-refractivity contribution in [1.82, 2.24) is 5.32 Å². The minimum atomic E-state index is -0.458. The van der Waals surface area contributed by atoms with Crippen LogP contribution in [0.25, 0.3) is 0 Å². The number of ether oxygens (including phenoxy) is 1. The van der Waals surface area contributed by atoms with Crippen molar-refractivity contribution in [3.63, 3.8) is 0 Å². The molecule has 1 aliphatic rings. The van der Waals surface area contributed by atoms with E-state index in [-0.39, 0.29) is 0 Å². The third kappa shape index (κ3) is 1.94. The predicted octanol–water partition coefficient (Wildman–Crippen LogP) is 1.04. The van der Waals surface area contributed by atoms with Crippen LogP contribution in [0.3, 0.4) is 0 Å². The molecule has 1 aliphatic carbocycles. The van der Waals surface area contributed by atoms with Gasteiger partial charge >= 0.3 is 6.09 Å². The van der Waals surface area contributed by atoms with Crippen molar-refractivity contribution in [3.8, 4) is 0 Å². The molecule has 0 aromatic rings. The first-order valence-electron chi connectivity index (χ1n) is 4.69. The zero-order valence-corrected chi connectivity index (χ0v) is 8.17. The quantitative estimate of drug-likeness (QED) is 0.694. The van der Waals surface area contributed by atoms with E-state index in [0.29, 0.717) is 6.42 Å². The third-order valence-electron chi connectivity index (χ3n) is 2.81. The number of methoxy groups -OCH3 is 1. The van der Waals surface area contributed by atoms with Gasteiger partial charge in [-0.1, -0.05) is 6.92 Å². The Balaban J connectivity index is 2.54. The Labute approximate surface area is 78.3 Å². The molecule has 0 bridgehead atoms. The van der Waals surface area contributed by atoms with E-state index in [4.69, 9.17) is 0 Å². The minimum Gasteiger partial charge on any atom is -0.453 e. The Hall–Kier alpha value is -0.770. The average molecular weight is 187 g/mol. The van der Waals surface area contributed by atoms with E-state index in [2.05, 4.69) is 10.1 Å². The lowest BCUT2D eigenvalue weighted by molar-refractivity contribution is 0.00570. The lowest BCUT2D eigenvalue weighted by atomic mass is 9.72. The van der Waals surface area contributed by atoms with Gasteiger partial charge in [-0.3, -0.25) is 0 Å². The maximum absolute atomic E-state index is 11.0. The number of aliphatic hydroxyl groups excluding tert-OH is 1. The topological polar surface area (TPSA) is 58.6 Å². The molecule has 1 fully saturated rings. The SMILES string of the molecule is CCC(O)C1(NC(=O)OC)CCC1. The molecule has 0 spiro atoms. The minimum absolute atomic E-state index is 0.415. The van der Waals surface area contributed by atoms with Gasteiger partial charge in [0.05, 0.1) is 18.8 Å². The van der Waals surface area contributed by atoms with Crippen molar-refractivity contribution in [1.29, 1.82) is 0 Å². The lowest BCUT2D eigenvalue weighted by Gasteiger charge is -2.45. The van der Waals surface area contributed by atoms with Crippen LogP contribution in [0.15, 0.2) is 0 Å². The number of carbonyl (C=O) groups is 1. The third-order valence-corrected chi connectivity index (χ3v) is 2.81. The predicted molar refractivity (Wildman–Crippen MR) is 48.4 cm³/mol. The van der Waals surface area contributed by atoms with E-state index in [1.54, 1.807) is 0 Å². The molecular weight excluding hydrogens is 170 g/mol. The number of aliphatic hydroxyl groups is 1. The van der Waals surface area contributed by atoms with Crippen LogP contribution in [0.5, 0.6) is 0 Å². The van der Waals surface area contributed by atoms with Gasteiger partial charge in [0.2, 0.25) is 0 Å². The fourth-order valence-corrected chi connectivity index (χ4v) is 1.74. The normalized spacial score (nSPS) is 21.5. The number of hydrogen-bond donors (Lipinski definition) is 2. The molecule has 0 saturated heterocycles. The summed E-state index contributed by atoms with van der Waals surface area (Å²) < 4.78 is 4.52. The first-order valence-corrected chi connectivity index (χ1v) is 4.69. The van der Waals surface area contributed by atoms with Crippen molar-refractivity contribution in [3.05, 3.63) is 0 Å². The molecule has 0 aliphatic heterocycles. The summed E-state index contributed by atoms with van der Waals surface area (Å²) in [7, 11) is 1.33. The molecule has 76 valence electrons. The molecule has 0 aromatic heterocycles. The second-order valence-electron chi connectivity index (χ2n) is 3.55. The average Bonchev–Trinajstić information content (AvgIpc) is 2.09. The largest absolute Gasteiger partial charge is 0.453 e. The fourth-order valence-electron chi connectivity index (χ4n) is 1.74. The summed E-state index contributed by atoms with van der Waals surface area (Å²) in [5.74, 6) is 0. The fraction of sp³-hybridized carbons (Fsp3) is 0.889. The molecule has 4 heteroatoms. The van der Waals surface area contributed by atoms with Crippen LogP contribution in [0, 0.1) is 0 Å². The van der Waals surface area contributed by atoms with Crippen molar-refractivity contribution >= 4 is 6.09 Å². The van der Waals surface area contributed by atoms with E-state index in [9.17, 15) is 9.90 Å². The Kier molecular flexibility index (Phi) is 3.14. The van der Waals surface area contributed by atoms with Crippen LogP contribution in [0.4, 0.5) is 4.79 Å². The van der Waals surface area contributed by atoms with Crippen LogP contribution in [-0.4, -0.2) is 30.0 Å². The zero-order valence-electron chi connectivity index (χ0n) is 8.17. The van der Waals surface area contributed by atoms with Gasteiger partial charge in [-0.25, -0.2) is 4.79 Å². The first-order chi connectivity index (χ1) is 6.14. The number of hydrogen-bond acceptors (Lipinski definition) is 3. The number of nitrogens with one attached hydrogen (secondary N) is 1. The highest BCUT2D eigenvalue weighted by Crippen LogP contribution is 2.36. The Morgan fingerprint density at radius 2 is 2.31 bits per heavy atom. The maximum Gasteiger partial charge on any atom is 0.407 e. The van der Waals surface area contributed by atoms with Crippen molar-refractivity contribution in [2.45, 2.75) is 44.2 Å². The molecule has 1 unspecified atom stereocenters. The zero-order chi connectivity index (χ0) is 9.90. The van der Waals surface area contributed by atoms with Gasteiger partial charge in [0.15, 0.2) is 0 Å². The van der Waals surface area contributed by atoms with Crippen LogP contribution in [0.2, 0.25) is 0 Å².